The highest BCUT2D eigenvalue weighted by Crippen LogP contribution is 2.40. The van der Waals surface area contributed by atoms with Gasteiger partial charge in [-0.05, 0) is 77.1 Å². The number of aliphatic hydroxyl groups is 1. The number of ether oxygens (including phenoxy) is 2. The first-order chi connectivity index (χ1) is 28.1. The van der Waals surface area contributed by atoms with Crippen LogP contribution in [0.4, 0.5) is 0 Å². The van der Waals surface area contributed by atoms with Gasteiger partial charge in [-0.2, -0.15) is 9.45 Å². The summed E-state index contributed by atoms with van der Waals surface area (Å²) in [5.74, 6) is 0.105. The fourth-order valence-corrected chi connectivity index (χ4v) is 8.90. The lowest BCUT2D eigenvalue weighted by Crippen LogP contribution is -2.47. The highest BCUT2D eigenvalue weighted by atomic mass is 32.2. The van der Waals surface area contributed by atoms with Gasteiger partial charge in [-0.15, -0.1) is 0 Å². The molecule has 1 saturated heterocycles. The SMILES string of the molecule is Cc1ccc(S(=O)(=O)N[C@H](Cc2ccccc2)C(=O)NCc2cccc(-c3cccc([C@H]4O[C@@H](CSc5cccc[n+]5[O-])C[C@@H](c5ccc(CO)cc5)O4)c3)c2)cc1. The number of thioether (sulfide) groups is 1. The summed E-state index contributed by atoms with van der Waals surface area (Å²) in [7, 11) is -3.98. The molecule has 1 fully saturated rings. The molecular formula is C46H45N3O7S2. The lowest BCUT2D eigenvalue weighted by molar-refractivity contribution is -0.645. The van der Waals surface area contributed by atoms with Crippen molar-refractivity contribution in [3.8, 4) is 11.1 Å². The van der Waals surface area contributed by atoms with E-state index in [1.54, 1.807) is 24.3 Å². The number of carbonyl (C=O) groups is 1. The number of nitrogens with one attached hydrogen (secondary N) is 2. The number of carbonyl (C=O) groups excluding carboxylic acids is 1. The van der Waals surface area contributed by atoms with Gasteiger partial charge in [0.05, 0.1) is 23.7 Å². The van der Waals surface area contributed by atoms with Gasteiger partial charge in [-0.25, -0.2) is 8.42 Å². The number of aliphatic hydroxyl groups excluding tert-OH is 1. The van der Waals surface area contributed by atoms with Gasteiger partial charge in [-0.3, -0.25) is 4.79 Å². The Balaban J connectivity index is 1.07. The third-order valence-corrected chi connectivity index (χ3v) is 12.6. The predicted octanol–water partition coefficient (Wildman–Crippen LogP) is 7.33. The summed E-state index contributed by atoms with van der Waals surface area (Å²) < 4.78 is 43.4. The second-order valence-corrected chi connectivity index (χ2v) is 17.0. The third-order valence-electron chi connectivity index (χ3n) is 9.93. The molecule has 1 aromatic heterocycles. The number of nitrogens with zero attached hydrogens (tertiary/aromatic N) is 1. The fourth-order valence-electron chi connectivity index (χ4n) is 6.77. The molecule has 2 heterocycles. The lowest BCUT2D eigenvalue weighted by atomic mass is 9.99. The van der Waals surface area contributed by atoms with E-state index < -0.39 is 28.3 Å². The van der Waals surface area contributed by atoms with E-state index in [1.807, 2.05) is 116 Å². The quantitative estimate of drug-likeness (QED) is 0.0557. The predicted molar refractivity (Wildman–Crippen MR) is 224 cm³/mol. The van der Waals surface area contributed by atoms with Crippen LogP contribution in [0.3, 0.4) is 0 Å². The van der Waals surface area contributed by atoms with Gasteiger partial charge in [0, 0.05) is 36.4 Å². The summed E-state index contributed by atoms with van der Waals surface area (Å²) >= 11 is 1.44. The molecule has 7 rings (SSSR count). The molecule has 58 heavy (non-hydrogen) atoms. The van der Waals surface area contributed by atoms with Crippen molar-refractivity contribution in [3.63, 3.8) is 0 Å². The first kappa shape index (κ1) is 40.8. The Kier molecular flexibility index (Phi) is 13.3. The number of benzene rings is 5. The van der Waals surface area contributed by atoms with E-state index >= 15 is 0 Å². The van der Waals surface area contributed by atoms with Gasteiger partial charge < -0.3 is 25.1 Å². The third kappa shape index (κ3) is 10.6. The molecule has 0 spiro atoms. The van der Waals surface area contributed by atoms with Gasteiger partial charge >= 0.3 is 0 Å². The normalized spacial score (nSPS) is 17.4. The van der Waals surface area contributed by atoms with E-state index in [0.717, 1.165) is 49.2 Å². The van der Waals surface area contributed by atoms with Crippen LogP contribution in [0, 0.1) is 12.1 Å². The molecule has 6 aromatic rings. The Bertz CT molecular complexity index is 2410. The van der Waals surface area contributed by atoms with Crippen LogP contribution in [0.15, 0.2) is 162 Å². The topological polar surface area (TPSA) is 141 Å². The fraction of sp³-hybridized carbons (Fsp3) is 0.217. The van der Waals surface area contributed by atoms with Crippen molar-refractivity contribution in [1.82, 2.24) is 10.0 Å². The Morgan fingerprint density at radius 2 is 1.52 bits per heavy atom. The molecule has 0 bridgehead atoms. The summed E-state index contributed by atoms with van der Waals surface area (Å²) in [4.78, 5) is 13.8. The molecule has 10 nitrogen and oxygen atoms in total. The Morgan fingerprint density at radius 1 is 0.810 bits per heavy atom. The minimum absolute atomic E-state index is 0.0473. The number of hydrogen-bond donors (Lipinski definition) is 3. The molecule has 3 N–H and O–H groups in total. The van der Waals surface area contributed by atoms with Crippen molar-refractivity contribution < 1.29 is 32.5 Å². The molecule has 0 unspecified atom stereocenters. The van der Waals surface area contributed by atoms with Crippen LogP contribution < -0.4 is 14.8 Å². The Labute approximate surface area is 343 Å². The smallest absolute Gasteiger partial charge is 0.251 e. The first-order valence-electron chi connectivity index (χ1n) is 19.0. The second kappa shape index (κ2) is 18.9. The van der Waals surface area contributed by atoms with E-state index in [1.165, 1.54) is 30.1 Å². The molecule has 4 atom stereocenters. The molecule has 5 aromatic carbocycles. The molecule has 1 aliphatic heterocycles. The maximum atomic E-state index is 13.7. The number of aromatic nitrogens is 1. The minimum Gasteiger partial charge on any atom is -0.618 e. The van der Waals surface area contributed by atoms with Crippen molar-refractivity contribution >= 4 is 27.7 Å². The standard InChI is InChI=1S/C46H45N3O7S2/c1-32-16-22-41(23-17-32)58(53,54)48-42(26-33-9-3-2-4-10-33)45(51)47-29-35-11-7-12-37(25-35)38-13-8-14-39(27-38)46-55-40(31-57-44-15-5-6-24-49(44)52)28-43(56-46)36-20-18-34(30-50)19-21-36/h2-25,27,40,42-43,46,48,50H,26,28-31H2,1H3,(H,47,51)/t40-,42-,43+,46+/m1/s1. The highest BCUT2D eigenvalue weighted by Gasteiger charge is 2.33. The van der Waals surface area contributed by atoms with Crippen LogP contribution in [0.25, 0.3) is 11.1 Å². The van der Waals surface area contributed by atoms with Crippen LogP contribution in [0.5, 0.6) is 0 Å². The molecular weight excluding hydrogens is 771 g/mol. The van der Waals surface area contributed by atoms with E-state index in [9.17, 15) is 23.5 Å². The van der Waals surface area contributed by atoms with Crippen molar-refractivity contribution in [2.75, 3.05) is 5.75 Å². The summed E-state index contributed by atoms with van der Waals surface area (Å²) in [6, 6.07) is 43.6. The summed E-state index contributed by atoms with van der Waals surface area (Å²) in [5, 5.41) is 25.5. The van der Waals surface area contributed by atoms with Crippen LogP contribution >= 0.6 is 11.8 Å². The maximum Gasteiger partial charge on any atom is 0.251 e. The van der Waals surface area contributed by atoms with Crippen LogP contribution in [0.2, 0.25) is 0 Å². The second-order valence-electron chi connectivity index (χ2n) is 14.2. The zero-order valence-corrected chi connectivity index (χ0v) is 33.6. The van der Waals surface area contributed by atoms with Gasteiger partial charge in [0.15, 0.2) is 12.5 Å². The van der Waals surface area contributed by atoms with Gasteiger partial charge in [0.25, 0.3) is 5.03 Å². The molecule has 0 saturated carbocycles. The number of pyridine rings is 1. The van der Waals surface area contributed by atoms with Crippen molar-refractivity contribution in [2.24, 2.45) is 0 Å². The van der Waals surface area contributed by atoms with Gasteiger partial charge in [-0.1, -0.05) is 120 Å². The highest BCUT2D eigenvalue weighted by molar-refractivity contribution is 7.99. The number of rotatable bonds is 15. The molecule has 298 valence electrons. The molecule has 12 heteroatoms. The van der Waals surface area contributed by atoms with Gasteiger partial charge in [0.2, 0.25) is 15.9 Å². The average molecular weight is 816 g/mol. The summed E-state index contributed by atoms with van der Waals surface area (Å²) in [5.41, 5.74) is 7.03. The van der Waals surface area contributed by atoms with Crippen molar-refractivity contribution in [1.29, 1.82) is 0 Å². The van der Waals surface area contributed by atoms with E-state index in [-0.39, 0.29) is 36.7 Å². The van der Waals surface area contributed by atoms with E-state index in [4.69, 9.17) is 9.47 Å². The van der Waals surface area contributed by atoms with Crippen molar-refractivity contribution in [3.05, 3.63) is 190 Å². The molecule has 0 aliphatic carbocycles. The average Bonchev–Trinajstić information content (AvgIpc) is 3.25. The minimum atomic E-state index is -3.98. The van der Waals surface area contributed by atoms with Crippen LogP contribution in [-0.4, -0.2) is 37.3 Å². The zero-order valence-electron chi connectivity index (χ0n) is 31.9. The molecule has 1 amide bonds. The Hall–Kier alpha value is -5.34. The zero-order chi connectivity index (χ0) is 40.5. The van der Waals surface area contributed by atoms with Crippen molar-refractivity contribution in [2.45, 2.75) is 67.4 Å². The number of amides is 1. The van der Waals surface area contributed by atoms with E-state index in [2.05, 4.69) is 10.0 Å². The van der Waals surface area contributed by atoms with Gasteiger partial charge in [0.1, 0.15) is 6.04 Å². The first-order valence-corrected chi connectivity index (χ1v) is 21.5. The number of aryl methyl sites for hydroxylation is 1. The van der Waals surface area contributed by atoms with Crippen LogP contribution in [-0.2, 0) is 43.9 Å². The Morgan fingerprint density at radius 3 is 2.26 bits per heavy atom. The number of sulfonamides is 1. The molecule has 0 radical (unpaired) electrons. The number of hydrogen-bond acceptors (Lipinski definition) is 8. The monoisotopic (exact) mass is 815 g/mol. The van der Waals surface area contributed by atoms with Crippen LogP contribution in [0.1, 0.15) is 52.2 Å². The lowest BCUT2D eigenvalue weighted by Gasteiger charge is -2.36. The summed E-state index contributed by atoms with van der Waals surface area (Å²) in [6.07, 6.45) is 1.04. The molecule has 1 aliphatic rings. The largest absolute Gasteiger partial charge is 0.618 e. The maximum absolute atomic E-state index is 13.7. The summed E-state index contributed by atoms with van der Waals surface area (Å²) in [6.45, 7) is 2.01. The van der Waals surface area contributed by atoms with E-state index in [0.29, 0.717) is 17.2 Å².